The largest absolute Gasteiger partial charge is 0.367 e. The molecule has 3 aromatic rings. The molecule has 1 fully saturated rings. The number of carbonyl (C=O) groups is 1. The minimum absolute atomic E-state index is 0.127. The van der Waals surface area contributed by atoms with Crippen molar-refractivity contribution in [3.05, 3.63) is 63.3 Å². The zero-order valence-electron chi connectivity index (χ0n) is 17.4. The van der Waals surface area contributed by atoms with Crippen molar-refractivity contribution in [1.29, 1.82) is 0 Å². The maximum atomic E-state index is 14.5. The molecule has 0 bridgehead atoms. The maximum absolute atomic E-state index is 14.5. The number of hydrogen-bond donors (Lipinski definition) is 2. The number of H-pyrrole nitrogens is 1. The van der Waals surface area contributed by atoms with E-state index in [0.717, 1.165) is 5.69 Å². The number of nitrogens with one attached hydrogen (secondary N) is 2. The van der Waals surface area contributed by atoms with E-state index in [4.69, 9.17) is 0 Å². The van der Waals surface area contributed by atoms with E-state index >= 15 is 0 Å². The zero-order valence-corrected chi connectivity index (χ0v) is 17.4. The Morgan fingerprint density at radius 2 is 1.90 bits per heavy atom. The van der Waals surface area contributed by atoms with Crippen LogP contribution in [-0.4, -0.2) is 58.4 Å². The number of rotatable bonds is 5. The number of benzene rings is 1. The number of anilines is 1. The summed E-state index contributed by atoms with van der Waals surface area (Å²) in [5, 5.41) is 2.30. The van der Waals surface area contributed by atoms with Crippen LogP contribution in [0.3, 0.4) is 0 Å². The molecule has 0 unspecified atom stereocenters. The molecule has 2 aromatic heterocycles. The number of hydrogen-bond acceptors (Lipinski definition) is 5. The summed E-state index contributed by atoms with van der Waals surface area (Å²) in [7, 11) is 1.37. The van der Waals surface area contributed by atoms with Gasteiger partial charge in [-0.2, -0.15) is 0 Å². The van der Waals surface area contributed by atoms with Gasteiger partial charge in [-0.25, -0.2) is 13.8 Å². The van der Waals surface area contributed by atoms with Crippen molar-refractivity contribution in [3.63, 3.8) is 0 Å². The molecule has 1 saturated heterocycles. The second-order valence-corrected chi connectivity index (χ2v) is 7.53. The van der Waals surface area contributed by atoms with Crippen LogP contribution in [0.25, 0.3) is 5.78 Å². The summed E-state index contributed by atoms with van der Waals surface area (Å²) in [5.41, 5.74) is 1.24. The smallest absolute Gasteiger partial charge is 0.255 e. The third-order valence-corrected chi connectivity index (χ3v) is 5.61. The van der Waals surface area contributed by atoms with E-state index in [-0.39, 0.29) is 16.8 Å². The summed E-state index contributed by atoms with van der Waals surface area (Å²) >= 11 is 0. The van der Waals surface area contributed by atoms with Crippen LogP contribution in [0.4, 0.5) is 14.5 Å². The molecule has 0 radical (unpaired) electrons. The number of fused-ring (bicyclic) bond motifs is 1. The minimum Gasteiger partial charge on any atom is -0.367 e. The quantitative estimate of drug-likeness (QED) is 0.642. The minimum atomic E-state index is -1.13. The van der Waals surface area contributed by atoms with E-state index in [1.54, 1.807) is 11.1 Å². The molecular weight excluding hydrogens is 406 g/mol. The first-order valence-electron chi connectivity index (χ1n) is 10.2. The number of imidazole rings is 1. The first-order valence-corrected chi connectivity index (χ1v) is 10.2. The Kier molecular flexibility index (Phi) is 5.73. The highest BCUT2D eigenvalue weighted by Crippen LogP contribution is 2.25. The lowest BCUT2D eigenvalue weighted by molar-refractivity contribution is 0.0958. The maximum Gasteiger partial charge on any atom is 0.255 e. The standard InChI is InChI=1S/C21H24F2N6O2/c1-3-13-10-29-12-14(25-21(29)26-19(13)30)11-27-6-8-28(9-7-27)16-5-4-15(20(31)24-2)17(22)18(16)23/h4-5,10,12H,3,6-9,11H2,1-2H3,(H,24,31)(H,25,26,30). The average molecular weight is 430 g/mol. The van der Waals surface area contributed by atoms with Crippen molar-refractivity contribution >= 4 is 17.4 Å². The Morgan fingerprint density at radius 1 is 1.16 bits per heavy atom. The molecule has 3 heterocycles. The SMILES string of the molecule is CCc1cn2cc(CN3CCN(c4ccc(C(=O)NC)c(F)c4F)CC3)nc2[nH]c1=O. The van der Waals surface area contributed by atoms with Gasteiger partial charge in [0.15, 0.2) is 11.6 Å². The fourth-order valence-electron chi connectivity index (χ4n) is 3.84. The molecule has 10 heteroatoms. The van der Waals surface area contributed by atoms with Crippen molar-refractivity contribution in [3.8, 4) is 0 Å². The van der Waals surface area contributed by atoms with Gasteiger partial charge in [0, 0.05) is 57.7 Å². The molecule has 164 valence electrons. The van der Waals surface area contributed by atoms with Crippen LogP contribution in [-0.2, 0) is 13.0 Å². The van der Waals surface area contributed by atoms with E-state index in [9.17, 15) is 18.4 Å². The van der Waals surface area contributed by atoms with Gasteiger partial charge in [0.05, 0.1) is 16.9 Å². The summed E-state index contributed by atoms with van der Waals surface area (Å²) in [6.07, 6.45) is 4.33. The van der Waals surface area contributed by atoms with Gasteiger partial charge in [0.1, 0.15) is 0 Å². The molecule has 1 aliphatic heterocycles. The summed E-state index contributed by atoms with van der Waals surface area (Å²) in [6, 6.07) is 2.75. The van der Waals surface area contributed by atoms with Crippen LogP contribution < -0.4 is 15.8 Å². The fourth-order valence-corrected chi connectivity index (χ4v) is 3.84. The zero-order chi connectivity index (χ0) is 22.1. The Labute approximate surface area is 177 Å². The summed E-state index contributed by atoms with van der Waals surface area (Å²) < 4.78 is 30.7. The number of aryl methyl sites for hydroxylation is 1. The van der Waals surface area contributed by atoms with Crippen LogP contribution >= 0.6 is 0 Å². The number of amides is 1. The molecular formula is C21H24F2N6O2. The second-order valence-electron chi connectivity index (χ2n) is 7.53. The summed E-state index contributed by atoms with van der Waals surface area (Å²) in [6.45, 7) is 4.82. The van der Waals surface area contributed by atoms with Crippen LogP contribution in [0.5, 0.6) is 0 Å². The fraction of sp³-hybridized carbons (Fsp3) is 0.381. The van der Waals surface area contributed by atoms with Crippen LogP contribution in [0, 0.1) is 11.6 Å². The van der Waals surface area contributed by atoms with Gasteiger partial charge in [0.2, 0.25) is 5.78 Å². The molecule has 1 aromatic carbocycles. The third-order valence-electron chi connectivity index (χ3n) is 5.61. The number of aromatic nitrogens is 3. The lowest BCUT2D eigenvalue weighted by Crippen LogP contribution is -2.46. The second kappa shape index (κ2) is 8.46. The van der Waals surface area contributed by atoms with Gasteiger partial charge in [-0.15, -0.1) is 0 Å². The van der Waals surface area contributed by atoms with Crippen molar-refractivity contribution in [2.45, 2.75) is 19.9 Å². The Morgan fingerprint density at radius 3 is 2.58 bits per heavy atom. The topological polar surface area (TPSA) is 85.7 Å². The molecule has 1 aliphatic rings. The van der Waals surface area contributed by atoms with Crippen LogP contribution in [0.15, 0.2) is 29.3 Å². The number of nitrogens with zero attached hydrogens (tertiary/aromatic N) is 4. The Balaban J connectivity index is 1.43. The molecule has 1 amide bonds. The first kappa shape index (κ1) is 21.0. The van der Waals surface area contributed by atoms with E-state index in [2.05, 4.69) is 20.2 Å². The van der Waals surface area contributed by atoms with Gasteiger partial charge in [-0.3, -0.25) is 23.9 Å². The lowest BCUT2D eigenvalue weighted by atomic mass is 10.1. The van der Waals surface area contributed by atoms with Gasteiger partial charge in [-0.1, -0.05) is 6.92 Å². The molecule has 0 saturated carbocycles. The highest BCUT2D eigenvalue weighted by Gasteiger charge is 2.24. The van der Waals surface area contributed by atoms with Crippen molar-refractivity contribution in [2.24, 2.45) is 0 Å². The molecule has 0 spiro atoms. The molecule has 2 N–H and O–H groups in total. The van der Waals surface area contributed by atoms with E-state index in [0.29, 0.717) is 50.5 Å². The first-order chi connectivity index (χ1) is 14.9. The Hall–Kier alpha value is -3.27. The van der Waals surface area contributed by atoms with E-state index < -0.39 is 17.5 Å². The van der Waals surface area contributed by atoms with Crippen molar-refractivity contribution in [2.75, 3.05) is 38.1 Å². The molecule has 31 heavy (non-hydrogen) atoms. The summed E-state index contributed by atoms with van der Waals surface area (Å²) in [4.78, 5) is 34.8. The number of piperazine rings is 1. The van der Waals surface area contributed by atoms with Crippen molar-refractivity contribution in [1.82, 2.24) is 24.6 Å². The van der Waals surface area contributed by atoms with Gasteiger partial charge < -0.3 is 10.2 Å². The van der Waals surface area contributed by atoms with Gasteiger partial charge in [0.25, 0.3) is 11.5 Å². The molecule has 0 atom stereocenters. The highest BCUT2D eigenvalue weighted by molar-refractivity contribution is 5.94. The third kappa shape index (κ3) is 4.02. The van der Waals surface area contributed by atoms with Crippen molar-refractivity contribution < 1.29 is 13.6 Å². The van der Waals surface area contributed by atoms with Crippen LogP contribution in [0.1, 0.15) is 28.5 Å². The highest BCUT2D eigenvalue weighted by atomic mass is 19.2. The number of carbonyl (C=O) groups excluding carboxylic acids is 1. The van der Waals surface area contributed by atoms with Crippen LogP contribution in [0.2, 0.25) is 0 Å². The normalized spacial score (nSPS) is 14.9. The molecule has 4 rings (SSSR count). The number of aromatic amines is 1. The van der Waals surface area contributed by atoms with E-state index in [1.165, 1.54) is 19.2 Å². The van der Waals surface area contributed by atoms with Gasteiger partial charge >= 0.3 is 0 Å². The predicted octanol–water partition coefficient (Wildman–Crippen LogP) is 1.54. The average Bonchev–Trinajstić information content (AvgIpc) is 3.16. The predicted molar refractivity (Wildman–Crippen MR) is 112 cm³/mol. The molecule has 8 nitrogen and oxygen atoms in total. The summed E-state index contributed by atoms with van der Waals surface area (Å²) in [5.74, 6) is -2.30. The van der Waals surface area contributed by atoms with E-state index in [1.807, 2.05) is 17.5 Å². The molecule has 0 aliphatic carbocycles. The van der Waals surface area contributed by atoms with Gasteiger partial charge in [-0.05, 0) is 18.6 Å². The number of halogens is 2. The lowest BCUT2D eigenvalue weighted by Gasteiger charge is -2.36. The Bertz CT molecular complexity index is 1180. The monoisotopic (exact) mass is 430 g/mol.